The van der Waals surface area contributed by atoms with Crippen molar-refractivity contribution < 1.29 is 5.11 Å². The first-order valence-corrected chi connectivity index (χ1v) is 8.78. The molecule has 0 aromatic heterocycles. The second kappa shape index (κ2) is 3.40. The lowest BCUT2D eigenvalue weighted by Gasteiger charge is -2.59. The highest BCUT2D eigenvalue weighted by Gasteiger charge is 2.70. The van der Waals surface area contributed by atoms with Gasteiger partial charge in [-0.25, -0.2) is 0 Å². The fourth-order valence-electron chi connectivity index (χ4n) is 7.69. The summed E-state index contributed by atoms with van der Waals surface area (Å²) >= 11 is 0. The number of aliphatic hydroxyl groups excluding tert-OH is 1. The fourth-order valence-corrected chi connectivity index (χ4v) is 7.69. The Morgan fingerprint density at radius 1 is 0.947 bits per heavy atom. The molecule has 6 rings (SSSR count). The van der Waals surface area contributed by atoms with E-state index in [1.54, 1.807) is 19.3 Å². The summed E-state index contributed by atoms with van der Waals surface area (Å²) in [6.07, 6.45) is 11.9. The first-order valence-electron chi connectivity index (χ1n) is 8.78. The van der Waals surface area contributed by atoms with E-state index in [1.807, 2.05) is 0 Å². The summed E-state index contributed by atoms with van der Waals surface area (Å²) in [6, 6.07) is 0. The Morgan fingerprint density at radius 2 is 1.74 bits per heavy atom. The molecule has 0 aromatic rings. The third-order valence-corrected chi connectivity index (χ3v) is 8.63. The number of aliphatic hydroxyl groups is 1. The van der Waals surface area contributed by atoms with Crippen molar-refractivity contribution in [3.05, 3.63) is 0 Å². The van der Waals surface area contributed by atoms with Gasteiger partial charge in [0.2, 0.25) is 0 Å². The molecular formula is C18H28O. The molecule has 0 heterocycles. The fraction of sp³-hybridized carbons (Fsp3) is 1.00. The van der Waals surface area contributed by atoms with E-state index in [4.69, 9.17) is 0 Å². The Balaban J connectivity index is 1.49. The van der Waals surface area contributed by atoms with Crippen molar-refractivity contribution >= 4 is 0 Å². The van der Waals surface area contributed by atoms with Crippen LogP contribution >= 0.6 is 0 Å². The quantitative estimate of drug-likeness (QED) is 0.759. The third kappa shape index (κ3) is 1.27. The maximum absolute atomic E-state index is 9.92. The summed E-state index contributed by atoms with van der Waals surface area (Å²) in [6.45, 7) is 2.82. The van der Waals surface area contributed by atoms with Gasteiger partial charge in [0.05, 0.1) is 0 Å². The van der Waals surface area contributed by atoms with Gasteiger partial charge in [0.25, 0.3) is 0 Å². The predicted molar refractivity (Wildman–Crippen MR) is 75.5 cm³/mol. The van der Waals surface area contributed by atoms with Gasteiger partial charge >= 0.3 is 0 Å². The van der Waals surface area contributed by atoms with Gasteiger partial charge in [-0.2, -0.15) is 0 Å². The average Bonchev–Trinajstić information content (AvgIpc) is 2.98. The molecule has 1 spiro atoms. The Bertz CT molecular complexity index is 404. The summed E-state index contributed by atoms with van der Waals surface area (Å²) in [5.74, 6) is 6.35. The minimum atomic E-state index is 0.258. The monoisotopic (exact) mass is 260 g/mol. The van der Waals surface area contributed by atoms with Crippen LogP contribution in [0.1, 0.15) is 58.3 Å². The molecule has 6 saturated carbocycles. The number of hydrogen-bond acceptors (Lipinski definition) is 1. The van der Waals surface area contributed by atoms with Gasteiger partial charge < -0.3 is 5.11 Å². The van der Waals surface area contributed by atoms with Crippen LogP contribution in [-0.2, 0) is 0 Å². The molecule has 6 aliphatic carbocycles. The van der Waals surface area contributed by atoms with Crippen LogP contribution in [0.2, 0.25) is 0 Å². The number of rotatable bonds is 1. The van der Waals surface area contributed by atoms with Crippen LogP contribution in [0.25, 0.3) is 0 Å². The van der Waals surface area contributed by atoms with Crippen molar-refractivity contribution in [3.63, 3.8) is 0 Å². The molecule has 0 saturated heterocycles. The van der Waals surface area contributed by atoms with Crippen LogP contribution in [0.5, 0.6) is 0 Å². The van der Waals surface area contributed by atoms with E-state index < -0.39 is 0 Å². The van der Waals surface area contributed by atoms with Crippen molar-refractivity contribution in [2.24, 2.45) is 46.3 Å². The van der Waals surface area contributed by atoms with Crippen molar-refractivity contribution in [1.29, 1.82) is 0 Å². The highest BCUT2D eigenvalue weighted by Crippen LogP contribution is 2.78. The zero-order valence-electron chi connectivity index (χ0n) is 12.3. The van der Waals surface area contributed by atoms with E-state index in [9.17, 15) is 5.11 Å². The minimum Gasteiger partial charge on any atom is -0.396 e. The van der Waals surface area contributed by atoms with Gasteiger partial charge in [0, 0.05) is 6.61 Å². The van der Waals surface area contributed by atoms with Gasteiger partial charge in [-0.05, 0) is 91.3 Å². The van der Waals surface area contributed by atoms with E-state index in [2.05, 4.69) is 6.92 Å². The molecule has 0 aliphatic heterocycles. The molecule has 106 valence electrons. The normalized spacial score (nSPS) is 65.4. The zero-order chi connectivity index (χ0) is 12.8. The second-order valence-corrected chi connectivity index (χ2v) is 9.12. The van der Waals surface area contributed by atoms with Crippen LogP contribution in [0.15, 0.2) is 0 Å². The first-order chi connectivity index (χ1) is 9.17. The largest absolute Gasteiger partial charge is 0.396 e. The van der Waals surface area contributed by atoms with Crippen LogP contribution in [0, 0.1) is 46.3 Å². The van der Waals surface area contributed by atoms with E-state index in [0.29, 0.717) is 6.61 Å². The SMILES string of the molecule is CC1(CO)CCCC2C1CCC13CC4C(CC21)C4C3. The standard InChI is InChI=1S/C18H28O/c1-17(10-19)5-2-3-11-15(17)4-6-18-8-13-12(7-16(11)18)14(13)9-18/h11-16,19H,2-10H2,1H3. The lowest BCUT2D eigenvalue weighted by Crippen LogP contribution is -2.52. The van der Waals surface area contributed by atoms with Gasteiger partial charge in [0.1, 0.15) is 0 Å². The van der Waals surface area contributed by atoms with Gasteiger partial charge in [-0.3, -0.25) is 0 Å². The summed E-state index contributed by atoms with van der Waals surface area (Å²) in [5.41, 5.74) is 1.05. The topological polar surface area (TPSA) is 20.2 Å². The Kier molecular flexibility index (Phi) is 2.08. The molecule has 6 aliphatic rings. The maximum atomic E-state index is 9.92. The number of hydrogen-bond donors (Lipinski definition) is 1. The van der Waals surface area contributed by atoms with Crippen molar-refractivity contribution in [3.8, 4) is 0 Å². The van der Waals surface area contributed by atoms with E-state index in [1.165, 1.54) is 43.9 Å². The van der Waals surface area contributed by atoms with Crippen molar-refractivity contribution in [2.45, 2.75) is 58.3 Å². The highest BCUT2D eigenvalue weighted by atomic mass is 16.3. The first kappa shape index (κ1) is 11.6. The molecule has 0 radical (unpaired) electrons. The van der Waals surface area contributed by atoms with Crippen LogP contribution < -0.4 is 0 Å². The minimum absolute atomic E-state index is 0.258. The molecular weight excluding hydrogens is 232 g/mol. The molecule has 6 fully saturated rings. The Morgan fingerprint density at radius 3 is 2.47 bits per heavy atom. The molecule has 6 atom stereocenters. The second-order valence-electron chi connectivity index (χ2n) is 9.12. The van der Waals surface area contributed by atoms with E-state index in [0.717, 1.165) is 29.1 Å². The molecule has 4 bridgehead atoms. The van der Waals surface area contributed by atoms with E-state index >= 15 is 0 Å². The summed E-state index contributed by atoms with van der Waals surface area (Å²) in [7, 11) is 0. The zero-order valence-corrected chi connectivity index (χ0v) is 12.3. The molecule has 6 unspecified atom stereocenters. The summed E-state index contributed by atoms with van der Waals surface area (Å²) in [5, 5.41) is 9.92. The highest BCUT2D eigenvalue weighted by molar-refractivity contribution is 5.19. The van der Waals surface area contributed by atoms with Gasteiger partial charge in [-0.15, -0.1) is 0 Å². The smallest absolute Gasteiger partial charge is 0.0487 e. The van der Waals surface area contributed by atoms with Crippen LogP contribution in [0.3, 0.4) is 0 Å². The molecule has 1 heteroatoms. The molecule has 1 nitrogen and oxygen atoms in total. The predicted octanol–water partition coefficient (Wildman–Crippen LogP) is 3.86. The molecule has 19 heavy (non-hydrogen) atoms. The summed E-state index contributed by atoms with van der Waals surface area (Å²) in [4.78, 5) is 0. The third-order valence-electron chi connectivity index (χ3n) is 8.63. The maximum Gasteiger partial charge on any atom is 0.0487 e. The van der Waals surface area contributed by atoms with E-state index in [-0.39, 0.29) is 5.41 Å². The van der Waals surface area contributed by atoms with Gasteiger partial charge in [-0.1, -0.05) is 13.3 Å². The molecule has 0 aromatic carbocycles. The van der Waals surface area contributed by atoms with Crippen molar-refractivity contribution in [1.82, 2.24) is 0 Å². The molecule has 0 amide bonds. The lowest BCUT2D eigenvalue weighted by molar-refractivity contribution is -0.114. The van der Waals surface area contributed by atoms with Crippen LogP contribution in [0.4, 0.5) is 0 Å². The summed E-state index contributed by atoms with van der Waals surface area (Å²) < 4.78 is 0. The lowest BCUT2D eigenvalue weighted by atomic mass is 9.46. The average molecular weight is 260 g/mol. The van der Waals surface area contributed by atoms with Crippen LogP contribution in [-0.4, -0.2) is 11.7 Å². The van der Waals surface area contributed by atoms with Gasteiger partial charge in [0.15, 0.2) is 0 Å². The Hall–Kier alpha value is -0.0400. The number of fused-ring (bicyclic) bond motifs is 1. The Labute approximate surface area is 117 Å². The van der Waals surface area contributed by atoms with Crippen molar-refractivity contribution in [2.75, 3.05) is 6.61 Å². The molecule has 1 N–H and O–H groups in total.